The third-order valence-electron chi connectivity index (χ3n) is 4.48. The Kier molecular flexibility index (Phi) is 4.92. The Hall–Kier alpha value is -1.93. The zero-order valence-electron chi connectivity index (χ0n) is 13.0. The number of ether oxygens (including phenoxy) is 1. The lowest BCUT2D eigenvalue weighted by atomic mass is 10.1. The van der Waals surface area contributed by atoms with Gasteiger partial charge in [0.2, 0.25) is 5.91 Å². The van der Waals surface area contributed by atoms with E-state index in [-0.39, 0.29) is 31.0 Å². The Morgan fingerprint density at radius 3 is 2.83 bits per heavy atom. The first-order valence-corrected chi connectivity index (χ1v) is 8.04. The van der Waals surface area contributed by atoms with Crippen molar-refractivity contribution in [1.29, 1.82) is 0 Å². The summed E-state index contributed by atoms with van der Waals surface area (Å²) < 4.78 is 6.85. The molecule has 2 atom stereocenters. The summed E-state index contributed by atoms with van der Waals surface area (Å²) >= 11 is 0. The summed E-state index contributed by atoms with van der Waals surface area (Å²) in [6.07, 6.45) is 3.99. The number of nitrogens with one attached hydrogen (secondary N) is 2. The van der Waals surface area contributed by atoms with Crippen LogP contribution in [0.4, 0.5) is 0 Å². The maximum atomic E-state index is 12.1. The fourth-order valence-corrected chi connectivity index (χ4v) is 3.24. The van der Waals surface area contributed by atoms with Crippen molar-refractivity contribution in [3.8, 4) is 0 Å². The van der Waals surface area contributed by atoms with Gasteiger partial charge in [-0.25, -0.2) is 4.79 Å². The summed E-state index contributed by atoms with van der Waals surface area (Å²) in [7, 11) is 0. The molecule has 8 heteroatoms. The van der Waals surface area contributed by atoms with E-state index >= 15 is 0 Å². The quantitative estimate of drug-likeness (QED) is 0.718. The fraction of sp³-hybridized carbons (Fsp3) is 0.667. The van der Waals surface area contributed by atoms with Gasteiger partial charge in [-0.2, -0.15) is 0 Å². The molecule has 1 aromatic heterocycles. The molecule has 0 aliphatic carbocycles. The Morgan fingerprint density at radius 2 is 2.09 bits per heavy atom. The normalized spacial score (nSPS) is 24.9. The molecule has 3 heterocycles. The molecule has 1 aromatic rings. The van der Waals surface area contributed by atoms with Crippen LogP contribution in [0.25, 0.3) is 0 Å². The molecular weight excluding hydrogens is 300 g/mol. The van der Waals surface area contributed by atoms with Crippen LogP contribution < -0.4 is 16.6 Å². The largest absolute Gasteiger partial charge is 0.378 e. The predicted molar refractivity (Wildman–Crippen MR) is 83.3 cm³/mol. The van der Waals surface area contributed by atoms with Gasteiger partial charge in [0.15, 0.2) is 0 Å². The highest BCUT2D eigenvalue weighted by Crippen LogP contribution is 2.19. The number of aromatic amines is 1. The minimum Gasteiger partial charge on any atom is -0.378 e. The number of aryl methyl sites for hydroxylation is 1. The first-order chi connectivity index (χ1) is 11.1. The number of likely N-dealkylation sites (tertiary alicyclic amines) is 1. The molecule has 2 saturated heterocycles. The lowest BCUT2D eigenvalue weighted by molar-refractivity contribution is -0.122. The highest BCUT2D eigenvalue weighted by molar-refractivity contribution is 5.76. The van der Waals surface area contributed by atoms with Gasteiger partial charge in [0.25, 0.3) is 5.56 Å². The molecular formula is C15H22N4O4. The van der Waals surface area contributed by atoms with Gasteiger partial charge in [-0.05, 0) is 25.9 Å². The van der Waals surface area contributed by atoms with E-state index in [2.05, 4.69) is 15.2 Å². The standard InChI is InChI=1S/C15H22N4O4/c20-13(3-7-19-8-4-14(21)17-15(19)22)16-11-9-23-10-12(11)18-5-1-2-6-18/h4,8,11-12H,1-3,5-7,9-10H2,(H,16,20)(H,17,21,22)/t11-,12-/m0/s1. The fourth-order valence-electron chi connectivity index (χ4n) is 3.24. The minimum absolute atomic E-state index is 0.00732. The van der Waals surface area contributed by atoms with Crippen LogP contribution in [0.3, 0.4) is 0 Å². The molecule has 0 radical (unpaired) electrons. The van der Waals surface area contributed by atoms with Crippen molar-refractivity contribution >= 4 is 5.91 Å². The van der Waals surface area contributed by atoms with Crippen LogP contribution in [-0.2, 0) is 16.1 Å². The molecule has 126 valence electrons. The van der Waals surface area contributed by atoms with E-state index in [0.29, 0.717) is 13.2 Å². The van der Waals surface area contributed by atoms with E-state index in [0.717, 1.165) is 13.1 Å². The molecule has 0 bridgehead atoms. The van der Waals surface area contributed by atoms with Gasteiger partial charge in [0, 0.05) is 25.2 Å². The number of carbonyl (C=O) groups excluding carboxylic acids is 1. The van der Waals surface area contributed by atoms with Crippen molar-refractivity contribution in [3.05, 3.63) is 33.1 Å². The summed E-state index contributed by atoms with van der Waals surface area (Å²) in [4.78, 5) is 39.3. The molecule has 2 fully saturated rings. The zero-order valence-corrected chi connectivity index (χ0v) is 13.0. The van der Waals surface area contributed by atoms with Crippen LogP contribution >= 0.6 is 0 Å². The highest BCUT2D eigenvalue weighted by Gasteiger charge is 2.35. The summed E-state index contributed by atoms with van der Waals surface area (Å²) in [6.45, 7) is 3.56. The van der Waals surface area contributed by atoms with Gasteiger partial charge >= 0.3 is 5.69 Å². The number of rotatable bonds is 5. The first-order valence-electron chi connectivity index (χ1n) is 8.04. The number of amides is 1. The maximum absolute atomic E-state index is 12.1. The Bertz CT molecular complexity index is 662. The highest BCUT2D eigenvalue weighted by atomic mass is 16.5. The molecule has 0 saturated carbocycles. The smallest absolute Gasteiger partial charge is 0.328 e. The minimum atomic E-state index is -0.496. The number of nitrogens with zero attached hydrogens (tertiary/aromatic N) is 2. The monoisotopic (exact) mass is 322 g/mol. The molecule has 2 N–H and O–H groups in total. The molecule has 0 aromatic carbocycles. The van der Waals surface area contributed by atoms with E-state index < -0.39 is 11.2 Å². The molecule has 3 rings (SSSR count). The van der Waals surface area contributed by atoms with Gasteiger partial charge in [-0.1, -0.05) is 0 Å². The van der Waals surface area contributed by atoms with Crippen LogP contribution in [0.2, 0.25) is 0 Å². The van der Waals surface area contributed by atoms with Crippen LogP contribution in [0.5, 0.6) is 0 Å². The van der Waals surface area contributed by atoms with Gasteiger partial charge in [0.1, 0.15) is 0 Å². The molecule has 8 nitrogen and oxygen atoms in total. The third-order valence-corrected chi connectivity index (χ3v) is 4.48. The van der Waals surface area contributed by atoms with Gasteiger partial charge in [-0.3, -0.25) is 19.5 Å². The third kappa shape index (κ3) is 3.89. The van der Waals surface area contributed by atoms with Crippen molar-refractivity contribution < 1.29 is 9.53 Å². The molecule has 0 spiro atoms. The van der Waals surface area contributed by atoms with E-state index in [1.807, 2.05) is 0 Å². The van der Waals surface area contributed by atoms with E-state index in [9.17, 15) is 14.4 Å². The number of aromatic nitrogens is 2. The van der Waals surface area contributed by atoms with Crippen LogP contribution in [-0.4, -0.2) is 58.7 Å². The first kappa shape index (κ1) is 15.9. The predicted octanol–water partition coefficient (Wildman–Crippen LogP) is -1.09. The average molecular weight is 322 g/mol. The number of H-pyrrole nitrogens is 1. The van der Waals surface area contributed by atoms with Gasteiger partial charge < -0.3 is 14.6 Å². The van der Waals surface area contributed by atoms with Crippen molar-refractivity contribution in [2.75, 3.05) is 26.3 Å². The SMILES string of the molecule is O=C(CCn1ccc(=O)[nH]c1=O)N[C@H]1COC[C@@H]1N1CCCC1. The van der Waals surface area contributed by atoms with Crippen molar-refractivity contribution in [3.63, 3.8) is 0 Å². The summed E-state index contributed by atoms with van der Waals surface area (Å²) in [6, 6.07) is 1.53. The molecule has 2 aliphatic rings. The van der Waals surface area contributed by atoms with Crippen molar-refractivity contribution in [2.45, 2.75) is 37.9 Å². The van der Waals surface area contributed by atoms with E-state index in [4.69, 9.17) is 4.74 Å². The van der Waals surface area contributed by atoms with Crippen LogP contribution in [0.1, 0.15) is 19.3 Å². The summed E-state index contributed by atoms with van der Waals surface area (Å²) in [5, 5.41) is 3.01. The Morgan fingerprint density at radius 1 is 1.30 bits per heavy atom. The Labute approximate surface area is 133 Å². The lowest BCUT2D eigenvalue weighted by Gasteiger charge is -2.27. The summed E-state index contributed by atoms with van der Waals surface area (Å²) in [5.74, 6) is -0.109. The number of hydrogen-bond acceptors (Lipinski definition) is 5. The van der Waals surface area contributed by atoms with Crippen LogP contribution in [0.15, 0.2) is 21.9 Å². The molecule has 23 heavy (non-hydrogen) atoms. The zero-order chi connectivity index (χ0) is 16.2. The van der Waals surface area contributed by atoms with E-state index in [1.54, 1.807) is 0 Å². The molecule has 2 aliphatic heterocycles. The second-order valence-corrected chi connectivity index (χ2v) is 6.08. The second kappa shape index (κ2) is 7.10. The maximum Gasteiger partial charge on any atom is 0.328 e. The molecule has 0 unspecified atom stereocenters. The van der Waals surface area contributed by atoms with Gasteiger partial charge in [-0.15, -0.1) is 0 Å². The Balaban J connectivity index is 1.52. The summed E-state index contributed by atoms with van der Waals surface area (Å²) in [5.41, 5.74) is -0.934. The number of carbonyl (C=O) groups is 1. The average Bonchev–Trinajstić information content (AvgIpc) is 3.17. The second-order valence-electron chi connectivity index (χ2n) is 6.08. The van der Waals surface area contributed by atoms with Crippen molar-refractivity contribution in [2.24, 2.45) is 0 Å². The topological polar surface area (TPSA) is 96.4 Å². The van der Waals surface area contributed by atoms with Crippen LogP contribution in [0, 0.1) is 0 Å². The van der Waals surface area contributed by atoms with Gasteiger partial charge in [0.05, 0.1) is 25.3 Å². The van der Waals surface area contributed by atoms with E-state index in [1.165, 1.54) is 29.7 Å². The number of hydrogen-bond donors (Lipinski definition) is 2. The molecule has 1 amide bonds. The van der Waals surface area contributed by atoms with Crippen molar-refractivity contribution in [1.82, 2.24) is 19.8 Å². The lowest BCUT2D eigenvalue weighted by Crippen LogP contribution is -2.50.